The van der Waals surface area contributed by atoms with Gasteiger partial charge in [-0.15, -0.1) is 0 Å². The minimum atomic E-state index is 0.524. The zero-order valence-corrected chi connectivity index (χ0v) is 15.8. The van der Waals surface area contributed by atoms with Gasteiger partial charge in [-0.2, -0.15) is 0 Å². The summed E-state index contributed by atoms with van der Waals surface area (Å²) in [7, 11) is 0. The Balaban J connectivity index is 0.000000561. The van der Waals surface area contributed by atoms with Gasteiger partial charge in [-0.1, -0.05) is 48.5 Å². The van der Waals surface area contributed by atoms with Crippen LogP contribution in [0, 0.1) is 11.3 Å². The van der Waals surface area contributed by atoms with Crippen LogP contribution in [0.25, 0.3) is 0 Å². The van der Waals surface area contributed by atoms with Gasteiger partial charge < -0.3 is 4.90 Å². The van der Waals surface area contributed by atoms with Gasteiger partial charge >= 0.3 is 0 Å². The molecule has 1 saturated heterocycles. The van der Waals surface area contributed by atoms with Gasteiger partial charge in [0.2, 0.25) is 0 Å². The largest absolute Gasteiger partial charge is 0.370 e. The smallest absolute Gasteiger partial charge is 0.0552 e. The van der Waals surface area contributed by atoms with Crippen molar-refractivity contribution in [3.8, 4) is 0 Å². The van der Waals surface area contributed by atoms with Gasteiger partial charge in [0.05, 0.1) is 11.9 Å². The van der Waals surface area contributed by atoms with E-state index in [9.17, 15) is 0 Å². The number of anilines is 1. The molecular formula is C20H36N2. The van der Waals surface area contributed by atoms with Crippen molar-refractivity contribution >= 4 is 5.69 Å². The first-order valence-electron chi connectivity index (χ1n) is 9.32. The van der Waals surface area contributed by atoms with Crippen molar-refractivity contribution in [3.63, 3.8) is 0 Å². The van der Waals surface area contributed by atoms with Crippen LogP contribution in [0.1, 0.15) is 79.3 Å². The summed E-state index contributed by atoms with van der Waals surface area (Å²) in [5, 5.41) is 0. The Labute approximate surface area is 138 Å². The second-order valence-corrected chi connectivity index (χ2v) is 6.55. The van der Waals surface area contributed by atoms with Gasteiger partial charge in [-0.25, -0.2) is 0 Å². The number of hydrogen-bond acceptors (Lipinski definition) is 2. The Bertz CT molecular complexity index is 414. The quantitative estimate of drug-likeness (QED) is 0.678. The zero-order chi connectivity index (χ0) is 16.8. The molecule has 0 radical (unpaired) electrons. The van der Waals surface area contributed by atoms with E-state index in [2.05, 4.69) is 49.0 Å². The lowest BCUT2D eigenvalue weighted by Gasteiger charge is -2.34. The average molecular weight is 305 g/mol. The van der Waals surface area contributed by atoms with Crippen LogP contribution in [0.4, 0.5) is 5.69 Å². The Morgan fingerprint density at radius 3 is 2.00 bits per heavy atom. The highest BCUT2D eigenvalue weighted by atomic mass is 15.1. The highest BCUT2D eigenvalue weighted by Crippen LogP contribution is 2.59. The fourth-order valence-corrected chi connectivity index (χ4v) is 3.38. The fraction of sp³-hybridized carbons (Fsp3) is 0.750. The van der Waals surface area contributed by atoms with Gasteiger partial charge in [0.1, 0.15) is 0 Å². The van der Waals surface area contributed by atoms with E-state index < -0.39 is 0 Å². The number of rotatable bonds is 2. The molecule has 2 aliphatic rings. The first kappa shape index (κ1) is 19.0. The lowest BCUT2D eigenvalue weighted by molar-refractivity contribution is 0.356. The number of pyridine rings is 1. The third kappa shape index (κ3) is 4.24. The molecule has 3 rings (SSSR count). The maximum absolute atomic E-state index is 4.58. The Morgan fingerprint density at radius 2 is 1.64 bits per heavy atom. The molecule has 1 aliphatic heterocycles. The minimum Gasteiger partial charge on any atom is -0.370 e. The molecule has 2 fully saturated rings. The van der Waals surface area contributed by atoms with E-state index in [4.69, 9.17) is 0 Å². The third-order valence-electron chi connectivity index (χ3n) is 5.08. The normalized spacial score (nSPS) is 21.6. The standard InChI is InChI=1S/C16H24N2.2C2H6/c1-12(2)15-5-4-14(11-17-15)18-8-6-16(7-9-18)10-13(16)3;2*1-2/h4-5,11-13H,6-10H2,1-3H3;2*1-2H3. The van der Waals surface area contributed by atoms with Crippen molar-refractivity contribution in [2.24, 2.45) is 11.3 Å². The van der Waals surface area contributed by atoms with E-state index >= 15 is 0 Å². The molecule has 0 aromatic carbocycles. The van der Waals surface area contributed by atoms with Crippen molar-refractivity contribution < 1.29 is 0 Å². The lowest BCUT2D eigenvalue weighted by Crippen LogP contribution is -2.35. The summed E-state index contributed by atoms with van der Waals surface area (Å²) in [6.07, 6.45) is 6.27. The summed E-state index contributed by atoms with van der Waals surface area (Å²) in [4.78, 5) is 7.09. The van der Waals surface area contributed by atoms with E-state index in [0.29, 0.717) is 5.92 Å². The molecule has 1 aliphatic carbocycles. The highest BCUT2D eigenvalue weighted by Gasteiger charge is 2.51. The first-order chi connectivity index (χ1) is 10.6. The van der Waals surface area contributed by atoms with Gasteiger partial charge in [-0.3, -0.25) is 4.98 Å². The van der Waals surface area contributed by atoms with E-state index in [1.807, 2.05) is 27.7 Å². The van der Waals surface area contributed by atoms with Gasteiger partial charge in [-0.05, 0) is 48.6 Å². The average Bonchev–Trinajstić information content (AvgIpc) is 3.20. The Kier molecular flexibility index (Phi) is 7.38. The molecule has 0 N–H and O–H groups in total. The molecule has 0 bridgehead atoms. The van der Waals surface area contributed by atoms with Gasteiger partial charge in [0, 0.05) is 18.8 Å². The molecule has 2 heterocycles. The van der Waals surface area contributed by atoms with Gasteiger partial charge in [0.25, 0.3) is 0 Å². The molecule has 1 aromatic rings. The van der Waals surface area contributed by atoms with E-state index in [-0.39, 0.29) is 0 Å². The molecular weight excluding hydrogens is 268 g/mol. The minimum absolute atomic E-state index is 0.524. The summed E-state index contributed by atoms with van der Waals surface area (Å²) in [5.41, 5.74) is 3.23. The second kappa shape index (κ2) is 8.55. The predicted octanol–water partition coefficient (Wildman–Crippen LogP) is 5.88. The predicted molar refractivity (Wildman–Crippen MR) is 98.7 cm³/mol. The molecule has 1 unspecified atom stereocenters. The van der Waals surface area contributed by atoms with Gasteiger partial charge in [0.15, 0.2) is 0 Å². The molecule has 1 aromatic heterocycles. The number of aromatic nitrogens is 1. The zero-order valence-electron chi connectivity index (χ0n) is 15.8. The van der Waals surface area contributed by atoms with Crippen LogP contribution >= 0.6 is 0 Å². The SMILES string of the molecule is CC.CC.CC(C)c1ccc(N2CCC3(CC2)CC3C)cn1. The van der Waals surface area contributed by atoms with Crippen molar-refractivity contribution in [2.75, 3.05) is 18.0 Å². The highest BCUT2D eigenvalue weighted by molar-refractivity contribution is 5.45. The maximum Gasteiger partial charge on any atom is 0.0552 e. The van der Waals surface area contributed by atoms with Crippen molar-refractivity contribution in [2.45, 2.75) is 73.6 Å². The molecule has 126 valence electrons. The van der Waals surface area contributed by atoms with Crippen molar-refractivity contribution in [3.05, 3.63) is 24.0 Å². The summed E-state index contributed by atoms with van der Waals surface area (Å²) in [5.74, 6) is 1.50. The number of piperidine rings is 1. The summed E-state index contributed by atoms with van der Waals surface area (Å²) in [6, 6.07) is 4.43. The lowest BCUT2D eigenvalue weighted by atomic mass is 9.91. The van der Waals surface area contributed by atoms with Crippen LogP contribution in [0.15, 0.2) is 18.3 Å². The van der Waals surface area contributed by atoms with E-state index in [1.165, 1.54) is 43.7 Å². The van der Waals surface area contributed by atoms with Crippen LogP contribution in [-0.4, -0.2) is 18.1 Å². The Hall–Kier alpha value is -1.05. The van der Waals surface area contributed by atoms with E-state index in [0.717, 1.165) is 11.3 Å². The summed E-state index contributed by atoms with van der Waals surface area (Å²) in [6.45, 7) is 17.2. The molecule has 2 nitrogen and oxygen atoms in total. The van der Waals surface area contributed by atoms with Crippen LogP contribution in [0.5, 0.6) is 0 Å². The monoisotopic (exact) mass is 304 g/mol. The number of nitrogens with zero attached hydrogens (tertiary/aromatic N) is 2. The molecule has 22 heavy (non-hydrogen) atoms. The van der Waals surface area contributed by atoms with Crippen LogP contribution in [0.3, 0.4) is 0 Å². The van der Waals surface area contributed by atoms with E-state index in [1.54, 1.807) is 0 Å². The van der Waals surface area contributed by atoms with Crippen LogP contribution in [0.2, 0.25) is 0 Å². The molecule has 0 amide bonds. The first-order valence-corrected chi connectivity index (χ1v) is 9.32. The summed E-state index contributed by atoms with van der Waals surface area (Å²) < 4.78 is 0. The van der Waals surface area contributed by atoms with Crippen LogP contribution < -0.4 is 4.90 Å². The summed E-state index contributed by atoms with van der Waals surface area (Å²) >= 11 is 0. The topological polar surface area (TPSA) is 16.1 Å². The molecule has 1 spiro atoms. The molecule has 2 heteroatoms. The van der Waals surface area contributed by atoms with Crippen molar-refractivity contribution in [1.82, 2.24) is 4.98 Å². The molecule has 1 saturated carbocycles. The van der Waals surface area contributed by atoms with Crippen molar-refractivity contribution in [1.29, 1.82) is 0 Å². The number of hydrogen-bond donors (Lipinski definition) is 0. The maximum atomic E-state index is 4.58. The molecule has 1 atom stereocenters. The van der Waals surface area contributed by atoms with Crippen LogP contribution in [-0.2, 0) is 0 Å². The Morgan fingerprint density at radius 1 is 1.09 bits per heavy atom. The third-order valence-corrected chi connectivity index (χ3v) is 5.08. The fourth-order valence-electron chi connectivity index (χ4n) is 3.38. The second-order valence-electron chi connectivity index (χ2n) is 6.55.